The fourth-order valence-corrected chi connectivity index (χ4v) is 5.05. The number of nitrogens with zero attached hydrogens (tertiary/aromatic N) is 3. The summed E-state index contributed by atoms with van der Waals surface area (Å²) >= 11 is 1.52. The molecule has 160 valence electrons. The molecule has 0 bridgehead atoms. The van der Waals surface area contributed by atoms with Crippen LogP contribution in [0.25, 0.3) is 33.0 Å². The van der Waals surface area contributed by atoms with Crippen LogP contribution in [0, 0.1) is 18.3 Å². The van der Waals surface area contributed by atoms with E-state index in [9.17, 15) is 0 Å². The summed E-state index contributed by atoms with van der Waals surface area (Å²) in [6.07, 6.45) is 3.57. The van der Waals surface area contributed by atoms with Crippen molar-refractivity contribution >= 4 is 11.3 Å². The van der Waals surface area contributed by atoms with Crippen molar-refractivity contribution in [1.29, 1.82) is 5.26 Å². The highest BCUT2D eigenvalue weighted by molar-refractivity contribution is 7.16. The van der Waals surface area contributed by atoms with Crippen LogP contribution in [0.3, 0.4) is 0 Å². The second-order valence-electron chi connectivity index (χ2n) is 8.25. The van der Waals surface area contributed by atoms with Crippen molar-refractivity contribution in [2.75, 3.05) is 19.6 Å². The largest absolute Gasteiger partial charge is 0.441 e. The van der Waals surface area contributed by atoms with Crippen LogP contribution >= 0.6 is 11.3 Å². The molecular formula is C27H25N3OS. The number of aryl methyl sites for hydroxylation is 1. The third-order valence-electron chi connectivity index (χ3n) is 6.11. The zero-order valence-corrected chi connectivity index (χ0v) is 19.0. The van der Waals surface area contributed by atoms with Gasteiger partial charge in [-0.2, -0.15) is 5.26 Å². The molecule has 0 amide bonds. The minimum absolute atomic E-state index is 0.701. The van der Waals surface area contributed by atoms with Crippen molar-refractivity contribution in [2.24, 2.45) is 0 Å². The van der Waals surface area contributed by atoms with Gasteiger partial charge >= 0.3 is 0 Å². The number of benzene rings is 2. The van der Waals surface area contributed by atoms with E-state index in [4.69, 9.17) is 14.7 Å². The summed E-state index contributed by atoms with van der Waals surface area (Å²) in [5.41, 5.74) is 5.52. The van der Waals surface area contributed by atoms with Crippen LogP contribution in [0.1, 0.15) is 29.2 Å². The molecule has 4 nitrogen and oxygen atoms in total. The predicted molar refractivity (Wildman–Crippen MR) is 130 cm³/mol. The fraction of sp³-hybridized carbons (Fsp3) is 0.259. The van der Waals surface area contributed by atoms with Crippen molar-refractivity contribution in [3.8, 4) is 39.1 Å². The Labute approximate surface area is 192 Å². The zero-order valence-electron chi connectivity index (χ0n) is 18.2. The van der Waals surface area contributed by atoms with Crippen molar-refractivity contribution in [1.82, 2.24) is 9.88 Å². The number of nitriles is 1. The van der Waals surface area contributed by atoms with E-state index in [2.05, 4.69) is 59.5 Å². The molecule has 5 heteroatoms. The van der Waals surface area contributed by atoms with Gasteiger partial charge in [0.1, 0.15) is 16.7 Å². The van der Waals surface area contributed by atoms with E-state index in [1.54, 1.807) is 0 Å². The van der Waals surface area contributed by atoms with E-state index < -0.39 is 0 Å². The molecule has 1 aliphatic heterocycles. The second-order valence-corrected chi connectivity index (χ2v) is 9.33. The summed E-state index contributed by atoms with van der Waals surface area (Å²) in [6.45, 7) is 5.49. The molecule has 3 heterocycles. The van der Waals surface area contributed by atoms with E-state index in [0.29, 0.717) is 5.89 Å². The Morgan fingerprint density at radius 3 is 2.16 bits per heavy atom. The molecule has 0 unspecified atom stereocenters. The average Bonchev–Trinajstić information content (AvgIpc) is 3.59. The zero-order chi connectivity index (χ0) is 21.9. The van der Waals surface area contributed by atoms with Crippen LogP contribution in [0.15, 0.2) is 65.1 Å². The number of hydrogen-bond donors (Lipinski definition) is 0. The number of rotatable bonds is 6. The Hall–Kier alpha value is -3.20. The maximum absolute atomic E-state index is 9.03. The van der Waals surface area contributed by atoms with Gasteiger partial charge in [-0.25, -0.2) is 4.98 Å². The Morgan fingerprint density at radius 2 is 1.53 bits per heavy atom. The van der Waals surface area contributed by atoms with Crippen LogP contribution in [0.4, 0.5) is 0 Å². The molecule has 0 N–H and O–H groups in total. The monoisotopic (exact) mass is 439 g/mol. The van der Waals surface area contributed by atoms with Gasteiger partial charge in [0.25, 0.3) is 0 Å². The summed E-state index contributed by atoms with van der Waals surface area (Å²) in [5.74, 6) is 1.62. The van der Waals surface area contributed by atoms with E-state index >= 15 is 0 Å². The lowest BCUT2D eigenvalue weighted by Crippen LogP contribution is -2.22. The molecule has 0 atom stereocenters. The Bertz CT molecular complexity index is 1240. The molecule has 2 aromatic carbocycles. The van der Waals surface area contributed by atoms with Crippen molar-refractivity contribution < 1.29 is 4.42 Å². The lowest BCUT2D eigenvalue weighted by molar-refractivity contribution is 0.341. The molecular weight excluding hydrogens is 414 g/mol. The first-order chi connectivity index (χ1) is 15.7. The molecule has 0 radical (unpaired) electrons. The van der Waals surface area contributed by atoms with Crippen LogP contribution in [-0.4, -0.2) is 29.5 Å². The number of aromatic nitrogens is 1. The van der Waals surface area contributed by atoms with E-state index in [1.165, 1.54) is 37.3 Å². The molecule has 1 saturated heterocycles. The van der Waals surface area contributed by atoms with Crippen molar-refractivity contribution in [3.63, 3.8) is 0 Å². The molecule has 32 heavy (non-hydrogen) atoms. The minimum Gasteiger partial charge on any atom is -0.441 e. The first kappa shape index (κ1) is 20.7. The smallest absolute Gasteiger partial charge is 0.226 e. The van der Waals surface area contributed by atoms with E-state index in [0.717, 1.165) is 56.4 Å². The molecule has 0 spiro atoms. The van der Waals surface area contributed by atoms with Gasteiger partial charge in [0.15, 0.2) is 0 Å². The van der Waals surface area contributed by atoms with Crippen LogP contribution in [-0.2, 0) is 6.42 Å². The Kier molecular flexibility index (Phi) is 5.89. The van der Waals surface area contributed by atoms with E-state index in [-0.39, 0.29) is 0 Å². The maximum Gasteiger partial charge on any atom is 0.226 e. The van der Waals surface area contributed by atoms with Crippen LogP contribution in [0.2, 0.25) is 0 Å². The number of likely N-dealkylation sites (tertiary alicyclic amines) is 1. The Balaban J connectivity index is 1.29. The van der Waals surface area contributed by atoms with Gasteiger partial charge in [-0.1, -0.05) is 36.4 Å². The second kappa shape index (κ2) is 9.12. The highest BCUT2D eigenvalue weighted by Crippen LogP contribution is 2.31. The molecule has 0 saturated carbocycles. The summed E-state index contributed by atoms with van der Waals surface area (Å²) in [6, 6.07) is 22.9. The molecule has 4 aromatic rings. The lowest BCUT2D eigenvalue weighted by Gasteiger charge is -2.12. The first-order valence-electron chi connectivity index (χ1n) is 11.1. The third-order valence-corrected chi connectivity index (χ3v) is 7.15. The summed E-state index contributed by atoms with van der Waals surface area (Å²) < 4.78 is 5.99. The normalized spacial score (nSPS) is 14.0. The highest BCUT2D eigenvalue weighted by Gasteiger charge is 2.15. The number of oxazole rings is 1. The van der Waals surface area contributed by atoms with E-state index in [1.807, 2.05) is 19.1 Å². The van der Waals surface area contributed by atoms with Gasteiger partial charge in [-0.3, -0.25) is 0 Å². The molecule has 0 aliphatic carbocycles. The predicted octanol–water partition coefficient (Wildman–Crippen LogP) is 6.56. The van der Waals surface area contributed by atoms with Gasteiger partial charge in [-0.15, -0.1) is 11.3 Å². The Morgan fingerprint density at radius 1 is 0.906 bits per heavy atom. The van der Waals surface area contributed by atoms with Gasteiger partial charge < -0.3 is 9.32 Å². The minimum atomic E-state index is 0.701. The van der Waals surface area contributed by atoms with Gasteiger partial charge in [0.2, 0.25) is 5.89 Å². The topological polar surface area (TPSA) is 53.1 Å². The summed E-state index contributed by atoms with van der Waals surface area (Å²) in [7, 11) is 0. The fourth-order valence-electron chi connectivity index (χ4n) is 4.24. The van der Waals surface area contributed by atoms with Crippen LogP contribution < -0.4 is 0 Å². The quantitative estimate of drug-likeness (QED) is 0.342. The molecule has 2 aromatic heterocycles. The maximum atomic E-state index is 9.03. The van der Waals surface area contributed by atoms with Gasteiger partial charge in [0, 0.05) is 23.4 Å². The standard InChI is InChI=1S/C27H25N3OS/c1-19-25(14-17-30-15-2-3-16-30)29-27(31-19)23-10-6-21(7-11-23)20-4-8-22(9-5-20)26-13-12-24(18-28)32-26/h4-13H,2-3,14-17H2,1H3. The van der Waals surface area contributed by atoms with Crippen LogP contribution in [0.5, 0.6) is 0 Å². The molecule has 1 fully saturated rings. The summed E-state index contributed by atoms with van der Waals surface area (Å²) in [4.78, 5) is 9.14. The van der Waals surface area contributed by atoms with Gasteiger partial charge in [-0.05, 0) is 73.8 Å². The average molecular weight is 440 g/mol. The number of hydrogen-bond acceptors (Lipinski definition) is 5. The first-order valence-corrected chi connectivity index (χ1v) is 11.9. The molecule has 1 aliphatic rings. The molecule has 5 rings (SSSR count). The lowest BCUT2D eigenvalue weighted by atomic mass is 10.0. The third kappa shape index (κ3) is 4.38. The SMILES string of the molecule is Cc1oc(-c2ccc(-c3ccc(-c4ccc(C#N)s4)cc3)cc2)nc1CCN1CCCC1. The van der Waals surface area contributed by atoms with Crippen molar-refractivity contribution in [3.05, 3.63) is 77.0 Å². The van der Waals surface area contributed by atoms with Gasteiger partial charge in [0.05, 0.1) is 5.69 Å². The summed E-state index contributed by atoms with van der Waals surface area (Å²) in [5, 5.41) is 9.03. The highest BCUT2D eigenvalue weighted by atomic mass is 32.1. The van der Waals surface area contributed by atoms with Crippen molar-refractivity contribution in [2.45, 2.75) is 26.2 Å². The number of thiophene rings is 1.